The maximum Gasteiger partial charge on any atom is 0.126 e. The Balaban J connectivity index is 2.07. The quantitative estimate of drug-likeness (QED) is 0.798. The van der Waals surface area contributed by atoms with Gasteiger partial charge in [0.25, 0.3) is 0 Å². The van der Waals surface area contributed by atoms with E-state index in [1.54, 1.807) is 24.3 Å². The Morgan fingerprint density at radius 1 is 1.00 bits per heavy atom. The van der Waals surface area contributed by atoms with Gasteiger partial charge in [0.15, 0.2) is 0 Å². The Hall–Kier alpha value is -1.61. The summed E-state index contributed by atoms with van der Waals surface area (Å²) in [6.45, 7) is 0.0923. The van der Waals surface area contributed by atoms with Crippen LogP contribution in [-0.2, 0) is 6.61 Å². The lowest BCUT2D eigenvalue weighted by Gasteiger charge is -2.06. The second-order valence-corrected chi connectivity index (χ2v) is 3.96. The molecule has 0 heterocycles. The van der Waals surface area contributed by atoms with E-state index in [-0.39, 0.29) is 6.61 Å². The van der Waals surface area contributed by atoms with Crippen molar-refractivity contribution in [3.05, 3.63) is 64.7 Å². The molecule has 0 N–H and O–H groups in total. The number of hydrogen-bond acceptors (Lipinski definition) is 1. The van der Waals surface area contributed by atoms with E-state index in [1.807, 2.05) is 0 Å². The molecule has 2 aromatic carbocycles. The molecule has 4 heteroatoms. The molecular weight excluding hydrogens is 246 g/mol. The molecule has 0 spiro atoms. The molecule has 0 saturated carbocycles. The maximum atomic E-state index is 12.9. The van der Waals surface area contributed by atoms with Gasteiger partial charge in [0, 0.05) is 11.1 Å². The SMILES string of the molecule is Fc1cc(F)cc(COc2cccc(Cl)c2)c1. The van der Waals surface area contributed by atoms with E-state index in [9.17, 15) is 8.78 Å². The lowest BCUT2D eigenvalue weighted by molar-refractivity contribution is 0.305. The highest BCUT2D eigenvalue weighted by Gasteiger charge is 2.02. The topological polar surface area (TPSA) is 9.23 Å². The van der Waals surface area contributed by atoms with Crippen molar-refractivity contribution in [2.45, 2.75) is 6.61 Å². The summed E-state index contributed by atoms with van der Waals surface area (Å²) in [6.07, 6.45) is 0. The van der Waals surface area contributed by atoms with Gasteiger partial charge in [-0.25, -0.2) is 8.78 Å². The Bertz CT molecular complexity index is 508. The number of halogens is 3. The van der Waals surface area contributed by atoms with Crippen molar-refractivity contribution in [1.29, 1.82) is 0 Å². The lowest BCUT2D eigenvalue weighted by Crippen LogP contribution is -1.97. The molecule has 0 aliphatic carbocycles. The minimum absolute atomic E-state index is 0.0923. The highest BCUT2D eigenvalue weighted by atomic mass is 35.5. The highest BCUT2D eigenvalue weighted by Crippen LogP contribution is 2.18. The molecule has 0 aromatic heterocycles. The maximum absolute atomic E-state index is 12.9. The van der Waals surface area contributed by atoms with Crippen LogP contribution in [0.4, 0.5) is 8.78 Å². The van der Waals surface area contributed by atoms with E-state index in [0.717, 1.165) is 6.07 Å². The van der Waals surface area contributed by atoms with Crippen molar-refractivity contribution in [3.8, 4) is 5.75 Å². The van der Waals surface area contributed by atoms with E-state index >= 15 is 0 Å². The van der Waals surface area contributed by atoms with Crippen LogP contribution in [0.2, 0.25) is 5.02 Å². The van der Waals surface area contributed by atoms with E-state index in [4.69, 9.17) is 16.3 Å². The van der Waals surface area contributed by atoms with Crippen molar-refractivity contribution in [2.75, 3.05) is 0 Å². The molecule has 0 radical (unpaired) electrons. The van der Waals surface area contributed by atoms with Gasteiger partial charge < -0.3 is 4.74 Å². The molecule has 17 heavy (non-hydrogen) atoms. The molecule has 0 amide bonds. The third kappa shape index (κ3) is 3.43. The zero-order valence-corrected chi connectivity index (χ0v) is 9.55. The van der Waals surface area contributed by atoms with Crippen LogP contribution in [0.5, 0.6) is 5.75 Å². The summed E-state index contributed by atoms with van der Waals surface area (Å²) in [6, 6.07) is 10.1. The van der Waals surface area contributed by atoms with Crippen LogP contribution in [0.25, 0.3) is 0 Å². The monoisotopic (exact) mass is 254 g/mol. The van der Waals surface area contributed by atoms with Crippen molar-refractivity contribution >= 4 is 11.6 Å². The van der Waals surface area contributed by atoms with Gasteiger partial charge in [0.1, 0.15) is 24.0 Å². The fraction of sp³-hybridized carbons (Fsp3) is 0.0769. The zero-order chi connectivity index (χ0) is 12.3. The van der Waals surface area contributed by atoms with E-state index in [0.29, 0.717) is 16.3 Å². The van der Waals surface area contributed by atoms with Crippen LogP contribution in [0.15, 0.2) is 42.5 Å². The van der Waals surface area contributed by atoms with Gasteiger partial charge in [-0.2, -0.15) is 0 Å². The van der Waals surface area contributed by atoms with Crippen molar-refractivity contribution in [1.82, 2.24) is 0 Å². The molecule has 0 aliphatic rings. The third-order valence-electron chi connectivity index (χ3n) is 2.12. The summed E-state index contributed by atoms with van der Waals surface area (Å²) < 4.78 is 31.2. The molecule has 2 aromatic rings. The number of rotatable bonds is 3. The molecule has 2 rings (SSSR count). The summed E-state index contributed by atoms with van der Waals surface area (Å²) in [7, 11) is 0. The van der Waals surface area contributed by atoms with Crippen LogP contribution in [0.3, 0.4) is 0 Å². The van der Waals surface area contributed by atoms with Crippen LogP contribution in [-0.4, -0.2) is 0 Å². The third-order valence-corrected chi connectivity index (χ3v) is 2.36. The van der Waals surface area contributed by atoms with Crippen molar-refractivity contribution < 1.29 is 13.5 Å². The fourth-order valence-electron chi connectivity index (χ4n) is 1.42. The second-order valence-electron chi connectivity index (χ2n) is 3.52. The zero-order valence-electron chi connectivity index (χ0n) is 8.79. The summed E-state index contributed by atoms with van der Waals surface area (Å²) in [5, 5.41) is 0.549. The molecule has 1 nitrogen and oxygen atoms in total. The molecule has 88 valence electrons. The summed E-state index contributed by atoms with van der Waals surface area (Å²) in [5.74, 6) is -0.674. The Morgan fingerprint density at radius 2 is 1.71 bits per heavy atom. The summed E-state index contributed by atoms with van der Waals surface area (Å²) in [4.78, 5) is 0. The standard InChI is InChI=1S/C13H9ClF2O/c14-10-2-1-3-13(6-10)17-8-9-4-11(15)7-12(16)5-9/h1-7H,8H2. The first-order chi connectivity index (χ1) is 8.13. The number of hydrogen-bond donors (Lipinski definition) is 0. The van der Waals surface area contributed by atoms with Crippen LogP contribution >= 0.6 is 11.6 Å². The van der Waals surface area contributed by atoms with Crippen molar-refractivity contribution in [2.24, 2.45) is 0 Å². The molecule has 0 saturated heterocycles. The second kappa shape index (κ2) is 5.15. The summed E-state index contributed by atoms with van der Waals surface area (Å²) in [5.41, 5.74) is 0.433. The molecule has 0 aliphatic heterocycles. The first-order valence-corrected chi connectivity index (χ1v) is 5.34. The summed E-state index contributed by atoms with van der Waals surface area (Å²) >= 11 is 5.78. The van der Waals surface area contributed by atoms with Gasteiger partial charge in [0.05, 0.1) is 0 Å². The predicted octanol–water partition coefficient (Wildman–Crippen LogP) is 4.20. The minimum atomic E-state index is -0.616. The van der Waals surface area contributed by atoms with E-state index < -0.39 is 11.6 Å². The first-order valence-electron chi connectivity index (χ1n) is 4.97. The van der Waals surface area contributed by atoms with Crippen LogP contribution in [0, 0.1) is 11.6 Å². The largest absolute Gasteiger partial charge is 0.489 e. The molecule has 0 unspecified atom stereocenters. The van der Waals surface area contributed by atoms with Crippen LogP contribution in [0.1, 0.15) is 5.56 Å². The smallest absolute Gasteiger partial charge is 0.126 e. The molecule has 0 fully saturated rings. The van der Waals surface area contributed by atoms with Gasteiger partial charge in [0.2, 0.25) is 0 Å². The highest BCUT2D eigenvalue weighted by molar-refractivity contribution is 6.30. The normalized spacial score (nSPS) is 10.3. The van der Waals surface area contributed by atoms with Gasteiger partial charge in [-0.05, 0) is 35.9 Å². The lowest BCUT2D eigenvalue weighted by atomic mass is 10.2. The van der Waals surface area contributed by atoms with Crippen LogP contribution < -0.4 is 4.74 Å². The Labute approximate surface area is 103 Å². The molecule has 0 atom stereocenters. The average Bonchev–Trinajstić information content (AvgIpc) is 2.25. The van der Waals surface area contributed by atoms with E-state index in [2.05, 4.69) is 0 Å². The fourth-order valence-corrected chi connectivity index (χ4v) is 1.60. The first kappa shape index (κ1) is 11.9. The van der Waals surface area contributed by atoms with Gasteiger partial charge in [-0.15, -0.1) is 0 Å². The molecular formula is C13H9ClF2O. The van der Waals surface area contributed by atoms with Gasteiger partial charge in [-0.1, -0.05) is 17.7 Å². The Kier molecular flexibility index (Phi) is 3.59. The molecule has 0 bridgehead atoms. The number of benzene rings is 2. The average molecular weight is 255 g/mol. The van der Waals surface area contributed by atoms with Gasteiger partial charge in [-0.3, -0.25) is 0 Å². The van der Waals surface area contributed by atoms with E-state index in [1.165, 1.54) is 12.1 Å². The predicted molar refractivity (Wildman–Crippen MR) is 62.1 cm³/mol. The Morgan fingerprint density at radius 3 is 2.35 bits per heavy atom. The van der Waals surface area contributed by atoms with Gasteiger partial charge >= 0.3 is 0 Å². The number of ether oxygens (including phenoxy) is 1. The minimum Gasteiger partial charge on any atom is -0.489 e. The van der Waals surface area contributed by atoms with Crippen molar-refractivity contribution in [3.63, 3.8) is 0 Å².